The number of ketones is 1. The van der Waals surface area contributed by atoms with Gasteiger partial charge < -0.3 is 14.6 Å². The van der Waals surface area contributed by atoms with Crippen molar-refractivity contribution in [1.82, 2.24) is 0 Å². The van der Waals surface area contributed by atoms with Crippen LogP contribution in [0.5, 0.6) is 5.75 Å². The van der Waals surface area contributed by atoms with Gasteiger partial charge in [-0.2, -0.15) is 0 Å². The van der Waals surface area contributed by atoms with E-state index in [0.29, 0.717) is 16.5 Å². The van der Waals surface area contributed by atoms with E-state index in [2.05, 4.69) is 15.9 Å². The van der Waals surface area contributed by atoms with Gasteiger partial charge in [-0.15, -0.1) is 0 Å². The number of aliphatic hydroxyl groups excluding tert-OH is 1. The molecule has 164 valence electrons. The van der Waals surface area contributed by atoms with Gasteiger partial charge in [0.2, 0.25) is 5.78 Å². The molecule has 5 rings (SSSR count). The third-order valence-electron chi connectivity index (χ3n) is 5.66. The molecule has 0 spiro atoms. The third kappa shape index (κ3) is 3.50. The van der Waals surface area contributed by atoms with Crippen LogP contribution in [0.15, 0.2) is 93.0 Å². The number of aryl methyl sites for hydroxylation is 1. The Balaban J connectivity index is 1.68. The number of phenolic OH excluding ortho intramolecular Hbond substituents is 1. The second-order valence-corrected chi connectivity index (χ2v) is 8.78. The van der Waals surface area contributed by atoms with E-state index < -0.39 is 23.5 Å². The molecule has 0 bridgehead atoms. The van der Waals surface area contributed by atoms with Gasteiger partial charge in [0.1, 0.15) is 11.3 Å². The lowest BCUT2D eigenvalue weighted by Crippen LogP contribution is -2.31. The molecule has 7 heteroatoms. The highest BCUT2D eigenvalue weighted by molar-refractivity contribution is 9.10. The number of amides is 1. The summed E-state index contributed by atoms with van der Waals surface area (Å²) in [6, 6.07) is 19.7. The van der Waals surface area contributed by atoms with E-state index >= 15 is 0 Å². The summed E-state index contributed by atoms with van der Waals surface area (Å²) >= 11 is 3.40. The molecular formula is C26H18BrNO5. The van der Waals surface area contributed by atoms with Crippen molar-refractivity contribution in [2.45, 2.75) is 13.0 Å². The number of furan rings is 1. The number of carbonyl (C=O) groups is 2. The van der Waals surface area contributed by atoms with Crippen LogP contribution < -0.4 is 4.90 Å². The summed E-state index contributed by atoms with van der Waals surface area (Å²) in [4.78, 5) is 28.1. The first-order valence-corrected chi connectivity index (χ1v) is 11.0. The van der Waals surface area contributed by atoms with Crippen LogP contribution in [0.4, 0.5) is 5.69 Å². The Morgan fingerprint density at radius 3 is 2.52 bits per heavy atom. The van der Waals surface area contributed by atoms with E-state index in [1.807, 2.05) is 19.1 Å². The number of halogens is 1. The lowest BCUT2D eigenvalue weighted by molar-refractivity contribution is -0.117. The van der Waals surface area contributed by atoms with Crippen LogP contribution in [0.3, 0.4) is 0 Å². The summed E-state index contributed by atoms with van der Waals surface area (Å²) < 4.78 is 6.58. The monoisotopic (exact) mass is 503 g/mol. The Morgan fingerprint density at radius 1 is 1.00 bits per heavy atom. The second kappa shape index (κ2) is 7.94. The summed E-state index contributed by atoms with van der Waals surface area (Å²) in [5, 5.41) is 22.1. The van der Waals surface area contributed by atoms with Crippen molar-refractivity contribution in [3.8, 4) is 5.75 Å². The zero-order valence-corrected chi connectivity index (χ0v) is 19.0. The van der Waals surface area contributed by atoms with Gasteiger partial charge in [-0.25, -0.2) is 0 Å². The molecule has 1 aliphatic heterocycles. The average Bonchev–Trinajstić information content (AvgIpc) is 3.34. The number of nitrogens with zero attached hydrogens (tertiary/aromatic N) is 1. The number of anilines is 1. The van der Waals surface area contributed by atoms with Crippen LogP contribution in [0.2, 0.25) is 0 Å². The standard InChI is InChI=1S/C26H18BrNO5/c1-14-7-9-19(29)18(11-14)28-23(15-5-3-2-4-6-15)22(25(31)26(28)32)24(30)21-13-16-12-17(27)8-10-20(16)33-21/h2-13,23,29,31H,1H3. The van der Waals surface area contributed by atoms with Gasteiger partial charge in [0.05, 0.1) is 17.3 Å². The summed E-state index contributed by atoms with van der Waals surface area (Å²) in [5.41, 5.74) is 2.03. The highest BCUT2D eigenvalue weighted by atomic mass is 79.9. The SMILES string of the molecule is Cc1ccc(O)c(N2C(=O)C(O)=C(C(=O)c3cc4cc(Br)ccc4o3)C2c2ccccc2)c1. The number of hydrogen-bond acceptors (Lipinski definition) is 5. The topological polar surface area (TPSA) is 91.0 Å². The van der Waals surface area contributed by atoms with Crippen LogP contribution in [0.1, 0.15) is 27.7 Å². The number of aromatic hydroxyl groups is 1. The molecule has 1 aliphatic rings. The fourth-order valence-corrected chi connectivity index (χ4v) is 4.50. The predicted molar refractivity (Wildman–Crippen MR) is 127 cm³/mol. The molecule has 0 saturated heterocycles. The molecule has 3 aromatic carbocycles. The first-order chi connectivity index (χ1) is 15.8. The Labute approximate surface area is 197 Å². The first-order valence-electron chi connectivity index (χ1n) is 10.2. The van der Waals surface area contributed by atoms with Gasteiger partial charge in [0, 0.05) is 9.86 Å². The molecular weight excluding hydrogens is 486 g/mol. The maximum Gasteiger partial charge on any atom is 0.294 e. The van der Waals surface area contributed by atoms with Gasteiger partial charge in [-0.3, -0.25) is 14.5 Å². The van der Waals surface area contributed by atoms with E-state index in [4.69, 9.17) is 4.42 Å². The van der Waals surface area contributed by atoms with Gasteiger partial charge in [-0.1, -0.05) is 52.3 Å². The van der Waals surface area contributed by atoms with Crippen molar-refractivity contribution < 1.29 is 24.2 Å². The molecule has 1 atom stereocenters. The largest absolute Gasteiger partial charge is 0.506 e. The molecule has 0 saturated carbocycles. The molecule has 2 heterocycles. The third-order valence-corrected chi connectivity index (χ3v) is 6.15. The molecule has 1 unspecified atom stereocenters. The van der Waals surface area contributed by atoms with Crippen molar-refractivity contribution in [1.29, 1.82) is 0 Å². The molecule has 0 radical (unpaired) electrons. The number of rotatable bonds is 4. The van der Waals surface area contributed by atoms with E-state index in [1.165, 1.54) is 11.0 Å². The maximum atomic E-state index is 13.6. The highest BCUT2D eigenvalue weighted by Crippen LogP contribution is 2.45. The van der Waals surface area contributed by atoms with E-state index in [0.717, 1.165) is 10.0 Å². The fourth-order valence-electron chi connectivity index (χ4n) is 4.12. The minimum absolute atomic E-state index is 0.00805. The smallest absolute Gasteiger partial charge is 0.294 e. The number of fused-ring (bicyclic) bond motifs is 1. The number of phenols is 1. The Morgan fingerprint density at radius 2 is 1.76 bits per heavy atom. The van der Waals surface area contributed by atoms with Crippen LogP contribution in [-0.4, -0.2) is 21.9 Å². The first kappa shape index (κ1) is 21.0. The minimum Gasteiger partial charge on any atom is -0.506 e. The predicted octanol–water partition coefficient (Wildman–Crippen LogP) is 5.99. The quantitative estimate of drug-likeness (QED) is 0.333. The lowest BCUT2D eigenvalue weighted by Gasteiger charge is -2.27. The van der Waals surface area contributed by atoms with Crippen molar-refractivity contribution in [2.75, 3.05) is 4.90 Å². The molecule has 33 heavy (non-hydrogen) atoms. The Hall–Kier alpha value is -3.84. The number of Topliss-reactive ketones (excluding diaryl/α,β-unsaturated/α-hetero) is 1. The molecule has 2 N–H and O–H groups in total. The van der Waals surface area contributed by atoms with Gasteiger partial charge in [0.15, 0.2) is 11.5 Å². The summed E-state index contributed by atoms with van der Waals surface area (Å²) in [5.74, 6) is -2.17. The number of aliphatic hydroxyl groups is 1. The van der Waals surface area contributed by atoms with Gasteiger partial charge in [-0.05, 0) is 54.4 Å². The van der Waals surface area contributed by atoms with Crippen LogP contribution >= 0.6 is 15.9 Å². The van der Waals surface area contributed by atoms with Crippen molar-refractivity contribution in [3.63, 3.8) is 0 Å². The average molecular weight is 504 g/mol. The fraction of sp³-hybridized carbons (Fsp3) is 0.0769. The Bertz CT molecular complexity index is 1450. The van der Waals surface area contributed by atoms with E-state index in [-0.39, 0.29) is 22.8 Å². The molecule has 0 fully saturated rings. The molecule has 6 nitrogen and oxygen atoms in total. The van der Waals surface area contributed by atoms with Crippen LogP contribution in [0.25, 0.3) is 11.0 Å². The molecule has 4 aromatic rings. The lowest BCUT2D eigenvalue weighted by atomic mass is 9.94. The minimum atomic E-state index is -0.946. The van der Waals surface area contributed by atoms with Crippen molar-refractivity contribution >= 4 is 44.3 Å². The van der Waals surface area contributed by atoms with Crippen molar-refractivity contribution in [3.05, 3.63) is 105 Å². The molecule has 1 amide bonds. The Kier molecular flexibility index (Phi) is 5.06. The van der Waals surface area contributed by atoms with Gasteiger partial charge in [0.25, 0.3) is 5.91 Å². The normalized spacial score (nSPS) is 16.1. The van der Waals surface area contributed by atoms with E-state index in [9.17, 15) is 19.8 Å². The molecule has 0 aliphatic carbocycles. The number of carbonyl (C=O) groups excluding carboxylic acids is 2. The molecule has 1 aromatic heterocycles. The van der Waals surface area contributed by atoms with Crippen LogP contribution in [-0.2, 0) is 4.79 Å². The highest BCUT2D eigenvalue weighted by Gasteiger charge is 2.46. The number of hydrogen-bond donors (Lipinski definition) is 2. The maximum absolute atomic E-state index is 13.6. The van der Waals surface area contributed by atoms with Gasteiger partial charge >= 0.3 is 0 Å². The second-order valence-electron chi connectivity index (χ2n) is 7.86. The summed E-state index contributed by atoms with van der Waals surface area (Å²) in [7, 11) is 0. The van der Waals surface area contributed by atoms with E-state index in [1.54, 1.807) is 54.6 Å². The zero-order chi connectivity index (χ0) is 23.3. The summed E-state index contributed by atoms with van der Waals surface area (Å²) in [6.45, 7) is 1.83. The summed E-state index contributed by atoms with van der Waals surface area (Å²) in [6.07, 6.45) is 0. The number of benzene rings is 3. The van der Waals surface area contributed by atoms with Crippen LogP contribution in [0, 0.1) is 6.92 Å². The van der Waals surface area contributed by atoms with Crippen molar-refractivity contribution in [2.24, 2.45) is 0 Å². The zero-order valence-electron chi connectivity index (χ0n) is 17.4.